The number of aliphatic carboxylic acids is 1. The summed E-state index contributed by atoms with van der Waals surface area (Å²) in [6.45, 7) is 0. The molecule has 0 aliphatic rings. The molecule has 0 fully saturated rings. The predicted molar refractivity (Wildman–Crippen MR) is 59.3 cm³/mol. The van der Waals surface area contributed by atoms with Gasteiger partial charge in [0.15, 0.2) is 0 Å². The van der Waals surface area contributed by atoms with Crippen molar-refractivity contribution in [3.05, 3.63) is 42.5 Å². The number of phenolic OH excluding ortho intramolecular Hbond substituents is 1. The summed E-state index contributed by atoms with van der Waals surface area (Å²) in [5.41, 5.74) is 0. The summed E-state index contributed by atoms with van der Waals surface area (Å²) < 4.78 is 0. The van der Waals surface area contributed by atoms with E-state index >= 15 is 0 Å². The van der Waals surface area contributed by atoms with Crippen molar-refractivity contribution in [2.45, 2.75) is 0 Å². The maximum absolute atomic E-state index is 9.37. The van der Waals surface area contributed by atoms with Crippen LogP contribution in [0.3, 0.4) is 0 Å². The Morgan fingerprint density at radius 1 is 1.06 bits per heavy atom. The fourth-order valence-electron chi connectivity index (χ4n) is 1.21. The Kier molecular flexibility index (Phi) is 4.03. The van der Waals surface area contributed by atoms with Crippen molar-refractivity contribution in [2.24, 2.45) is 0 Å². The lowest BCUT2D eigenvalue weighted by molar-refractivity contribution is -0.143. The van der Waals surface area contributed by atoms with Crippen molar-refractivity contribution in [2.75, 3.05) is 0 Å². The first-order chi connectivity index (χ1) is 7.65. The molecule has 0 heterocycles. The molecule has 82 valence electrons. The first kappa shape index (κ1) is 11.7. The highest BCUT2D eigenvalue weighted by atomic mass is 16.4. The molecule has 2 aromatic carbocycles. The molecule has 16 heavy (non-hydrogen) atoms. The quantitative estimate of drug-likeness (QED) is 0.565. The van der Waals surface area contributed by atoms with Crippen LogP contribution in [0, 0.1) is 0 Å². The average molecular weight is 218 g/mol. The molecule has 0 bridgehead atoms. The lowest BCUT2D eigenvalue weighted by Crippen LogP contribution is -1.91. The molecule has 0 saturated carbocycles. The number of aldehydes is 1. The highest BCUT2D eigenvalue weighted by molar-refractivity contribution is 6.19. The van der Waals surface area contributed by atoms with Crippen LogP contribution in [0.1, 0.15) is 0 Å². The Morgan fingerprint density at radius 3 is 2.19 bits per heavy atom. The van der Waals surface area contributed by atoms with Gasteiger partial charge in [-0.15, -0.1) is 0 Å². The Balaban J connectivity index is 0.000000221. The van der Waals surface area contributed by atoms with E-state index in [2.05, 4.69) is 0 Å². The Bertz CT molecular complexity index is 500. The van der Waals surface area contributed by atoms with Crippen LogP contribution in [-0.2, 0) is 9.59 Å². The van der Waals surface area contributed by atoms with E-state index in [0.29, 0.717) is 5.75 Å². The predicted octanol–water partition coefficient (Wildman–Crippen LogP) is 1.82. The van der Waals surface area contributed by atoms with Crippen LogP contribution < -0.4 is 0 Å². The van der Waals surface area contributed by atoms with Gasteiger partial charge in [0.05, 0.1) is 0 Å². The van der Waals surface area contributed by atoms with Crippen LogP contribution in [0.25, 0.3) is 10.8 Å². The third-order valence-electron chi connectivity index (χ3n) is 1.87. The maximum Gasteiger partial charge on any atom is 0.368 e. The molecule has 0 spiro atoms. The van der Waals surface area contributed by atoms with E-state index in [0.717, 1.165) is 10.8 Å². The number of fused-ring (bicyclic) bond motifs is 1. The van der Waals surface area contributed by atoms with Gasteiger partial charge in [0.1, 0.15) is 5.75 Å². The average Bonchev–Trinajstić information content (AvgIpc) is 2.30. The SMILES string of the molecule is O=CC(=O)O.Oc1cccc2ccccc12. The summed E-state index contributed by atoms with van der Waals surface area (Å²) in [7, 11) is 0. The molecule has 0 radical (unpaired) electrons. The monoisotopic (exact) mass is 218 g/mol. The van der Waals surface area contributed by atoms with E-state index in [9.17, 15) is 5.11 Å². The van der Waals surface area contributed by atoms with Crippen LogP contribution in [0.2, 0.25) is 0 Å². The zero-order valence-electron chi connectivity index (χ0n) is 8.33. The molecule has 2 rings (SSSR count). The largest absolute Gasteiger partial charge is 0.507 e. The third-order valence-corrected chi connectivity index (χ3v) is 1.87. The number of carbonyl (C=O) groups is 2. The van der Waals surface area contributed by atoms with Gasteiger partial charge in [-0.05, 0) is 11.5 Å². The van der Waals surface area contributed by atoms with Gasteiger partial charge < -0.3 is 10.2 Å². The summed E-state index contributed by atoms with van der Waals surface area (Å²) in [5.74, 6) is -1.08. The number of carboxylic acids is 1. The van der Waals surface area contributed by atoms with Crippen LogP contribution in [-0.4, -0.2) is 22.5 Å². The summed E-state index contributed by atoms with van der Waals surface area (Å²) in [6, 6.07) is 13.3. The summed E-state index contributed by atoms with van der Waals surface area (Å²) in [6.07, 6.45) is -0.167. The number of phenols is 1. The van der Waals surface area contributed by atoms with Gasteiger partial charge in [-0.25, -0.2) is 4.79 Å². The fourth-order valence-corrected chi connectivity index (χ4v) is 1.21. The molecular formula is C12H10O4. The molecule has 0 saturated heterocycles. The van der Waals surface area contributed by atoms with Crippen molar-refractivity contribution in [3.63, 3.8) is 0 Å². The van der Waals surface area contributed by atoms with Gasteiger partial charge in [0.2, 0.25) is 6.29 Å². The number of carbonyl (C=O) groups excluding carboxylic acids is 1. The second kappa shape index (κ2) is 5.50. The molecule has 0 aliphatic carbocycles. The van der Waals surface area contributed by atoms with E-state index in [1.54, 1.807) is 6.07 Å². The van der Waals surface area contributed by atoms with Gasteiger partial charge >= 0.3 is 5.97 Å². The first-order valence-electron chi connectivity index (χ1n) is 4.50. The lowest BCUT2D eigenvalue weighted by atomic mass is 10.1. The van der Waals surface area contributed by atoms with E-state index in [1.807, 2.05) is 36.4 Å². The normalized spacial score (nSPS) is 9.00. The number of hydrogen-bond donors (Lipinski definition) is 2. The second-order valence-corrected chi connectivity index (χ2v) is 2.95. The fraction of sp³-hybridized carbons (Fsp3) is 0. The summed E-state index contributed by atoms with van der Waals surface area (Å²) in [4.78, 5) is 17.9. The van der Waals surface area contributed by atoms with Gasteiger partial charge in [-0.2, -0.15) is 0 Å². The van der Waals surface area contributed by atoms with E-state index in [-0.39, 0.29) is 6.29 Å². The zero-order chi connectivity index (χ0) is 12.0. The van der Waals surface area contributed by atoms with Crippen LogP contribution >= 0.6 is 0 Å². The molecular weight excluding hydrogens is 208 g/mol. The molecule has 4 nitrogen and oxygen atoms in total. The molecule has 0 amide bonds. The summed E-state index contributed by atoms with van der Waals surface area (Å²) in [5, 5.41) is 18.7. The lowest BCUT2D eigenvalue weighted by Gasteiger charge is -1.97. The minimum atomic E-state index is -1.43. The minimum absolute atomic E-state index is 0.167. The molecule has 2 N–H and O–H groups in total. The highest BCUT2D eigenvalue weighted by Crippen LogP contribution is 2.22. The number of carboxylic acid groups (broad SMARTS) is 1. The molecule has 0 aliphatic heterocycles. The highest BCUT2D eigenvalue weighted by Gasteiger charge is 1.94. The molecule has 0 atom stereocenters. The van der Waals surface area contributed by atoms with Gasteiger partial charge in [0.25, 0.3) is 0 Å². The minimum Gasteiger partial charge on any atom is -0.507 e. The second-order valence-electron chi connectivity index (χ2n) is 2.95. The van der Waals surface area contributed by atoms with E-state index in [1.165, 1.54) is 0 Å². The number of rotatable bonds is 1. The molecule has 4 heteroatoms. The standard InChI is InChI=1S/C10H8O.C2H2O3/c11-10-7-3-5-8-4-1-2-6-9(8)10;3-1-2(4)5/h1-7,11H;1H,(H,4,5). The smallest absolute Gasteiger partial charge is 0.368 e. The summed E-state index contributed by atoms with van der Waals surface area (Å²) >= 11 is 0. The van der Waals surface area contributed by atoms with Crippen LogP contribution in [0.5, 0.6) is 5.75 Å². The zero-order valence-corrected chi connectivity index (χ0v) is 8.33. The number of benzene rings is 2. The van der Waals surface area contributed by atoms with Crippen molar-refractivity contribution in [1.82, 2.24) is 0 Å². The van der Waals surface area contributed by atoms with Crippen LogP contribution in [0.4, 0.5) is 0 Å². The van der Waals surface area contributed by atoms with Crippen LogP contribution in [0.15, 0.2) is 42.5 Å². The molecule has 0 unspecified atom stereocenters. The topological polar surface area (TPSA) is 74.6 Å². The van der Waals surface area contributed by atoms with E-state index < -0.39 is 5.97 Å². The van der Waals surface area contributed by atoms with Gasteiger partial charge in [-0.3, -0.25) is 4.79 Å². The van der Waals surface area contributed by atoms with Crippen molar-refractivity contribution >= 4 is 23.0 Å². The Morgan fingerprint density at radius 2 is 1.62 bits per heavy atom. The van der Waals surface area contributed by atoms with Crippen molar-refractivity contribution in [1.29, 1.82) is 0 Å². The molecule has 2 aromatic rings. The maximum atomic E-state index is 9.37. The number of hydrogen-bond acceptors (Lipinski definition) is 3. The first-order valence-corrected chi connectivity index (χ1v) is 4.50. The Hall–Kier alpha value is -2.36. The van der Waals surface area contributed by atoms with Crippen molar-refractivity contribution in [3.8, 4) is 5.75 Å². The van der Waals surface area contributed by atoms with Gasteiger partial charge in [0, 0.05) is 5.39 Å². The Labute approximate surface area is 91.8 Å². The van der Waals surface area contributed by atoms with Crippen molar-refractivity contribution < 1.29 is 19.8 Å². The third kappa shape index (κ3) is 3.09. The van der Waals surface area contributed by atoms with Gasteiger partial charge in [-0.1, -0.05) is 36.4 Å². The number of aromatic hydroxyl groups is 1. The molecule has 0 aromatic heterocycles. The van der Waals surface area contributed by atoms with E-state index in [4.69, 9.17) is 14.7 Å².